The van der Waals surface area contributed by atoms with Crippen LogP contribution in [0.3, 0.4) is 0 Å². The first-order valence-electron chi connectivity index (χ1n) is 8.55. The van der Waals surface area contributed by atoms with Gasteiger partial charge in [0.1, 0.15) is 11.5 Å². The molecular formula is C19H22N4O3S. The van der Waals surface area contributed by atoms with Crippen molar-refractivity contribution in [3.05, 3.63) is 59.6 Å². The Morgan fingerprint density at radius 2 is 1.81 bits per heavy atom. The molecule has 3 aromatic rings. The maximum absolute atomic E-state index is 12.5. The lowest BCUT2D eigenvalue weighted by Gasteiger charge is -2.14. The Labute approximate surface area is 158 Å². The highest BCUT2D eigenvalue weighted by Crippen LogP contribution is 2.27. The molecule has 0 atom stereocenters. The third-order valence-electron chi connectivity index (χ3n) is 4.10. The van der Waals surface area contributed by atoms with Gasteiger partial charge in [-0.05, 0) is 43.5 Å². The summed E-state index contributed by atoms with van der Waals surface area (Å²) in [6, 6.07) is 11.4. The summed E-state index contributed by atoms with van der Waals surface area (Å²) in [4.78, 5) is 4.36. The van der Waals surface area contributed by atoms with Gasteiger partial charge >= 0.3 is 0 Å². The first-order chi connectivity index (χ1) is 12.8. The second kappa shape index (κ2) is 7.40. The predicted molar refractivity (Wildman–Crippen MR) is 105 cm³/mol. The molecule has 0 aliphatic carbocycles. The zero-order valence-corrected chi connectivity index (χ0v) is 16.5. The van der Waals surface area contributed by atoms with E-state index in [0.29, 0.717) is 23.1 Å². The Bertz CT molecular complexity index is 1020. The van der Waals surface area contributed by atoms with Gasteiger partial charge in [-0.2, -0.15) is 0 Å². The summed E-state index contributed by atoms with van der Waals surface area (Å²) in [6.07, 6.45) is 1.47. The molecule has 2 N–H and O–H groups in total. The maximum Gasteiger partial charge on any atom is 0.267 e. The normalized spacial score (nSPS) is 11.6. The summed E-state index contributed by atoms with van der Waals surface area (Å²) in [5, 5.41) is 6.96. The molecule has 0 aliphatic heterocycles. The van der Waals surface area contributed by atoms with E-state index < -0.39 is 10.0 Å². The number of nitrogens with zero attached hydrogens (tertiary/aromatic N) is 2. The Morgan fingerprint density at radius 1 is 1.07 bits per heavy atom. The average Bonchev–Trinajstić information content (AvgIpc) is 2.96. The fraction of sp³-hybridized carbons (Fsp3) is 0.263. The molecule has 0 unspecified atom stereocenters. The van der Waals surface area contributed by atoms with Gasteiger partial charge in [-0.15, -0.1) is 0 Å². The van der Waals surface area contributed by atoms with E-state index in [1.165, 1.54) is 11.8 Å². The molecule has 0 fully saturated rings. The Kier molecular flexibility index (Phi) is 5.18. The minimum Gasteiger partial charge on any atom is -0.360 e. The molecule has 0 aliphatic rings. The summed E-state index contributed by atoms with van der Waals surface area (Å²) in [6.45, 7) is 7.40. The van der Waals surface area contributed by atoms with Crippen LogP contribution >= 0.6 is 0 Å². The van der Waals surface area contributed by atoms with Crippen molar-refractivity contribution in [3.63, 3.8) is 0 Å². The van der Waals surface area contributed by atoms with Crippen LogP contribution in [0.1, 0.15) is 36.8 Å². The number of hydrogen-bond donors (Lipinski definition) is 2. The van der Waals surface area contributed by atoms with Gasteiger partial charge in [0.15, 0.2) is 10.7 Å². The van der Waals surface area contributed by atoms with Gasteiger partial charge in [0.25, 0.3) is 10.0 Å². The van der Waals surface area contributed by atoms with Crippen LogP contribution in [0.2, 0.25) is 0 Å². The minimum atomic E-state index is -3.79. The minimum absolute atomic E-state index is 0.0514. The molecule has 0 radical (unpaired) electrons. The Hall–Kier alpha value is -2.87. The first kappa shape index (κ1) is 18.9. The van der Waals surface area contributed by atoms with Crippen LogP contribution in [0, 0.1) is 13.8 Å². The fourth-order valence-electron chi connectivity index (χ4n) is 2.84. The highest BCUT2D eigenvalue weighted by Gasteiger charge is 2.24. The molecule has 2 heterocycles. The van der Waals surface area contributed by atoms with E-state index in [9.17, 15) is 8.42 Å². The first-order valence-corrected chi connectivity index (χ1v) is 10.0. The predicted octanol–water partition coefficient (Wildman–Crippen LogP) is 4.35. The van der Waals surface area contributed by atoms with E-state index in [4.69, 9.17) is 4.52 Å². The third kappa shape index (κ3) is 4.11. The smallest absolute Gasteiger partial charge is 0.267 e. The summed E-state index contributed by atoms with van der Waals surface area (Å²) in [5.74, 6) is 1.25. The van der Waals surface area contributed by atoms with Crippen molar-refractivity contribution in [2.45, 2.75) is 38.5 Å². The molecular weight excluding hydrogens is 364 g/mol. The van der Waals surface area contributed by atoms with Crippen LogP contribution in [-0.2, 0) is 10.0 Å². The lowest BCUT2D eigenvalue weighted by atomic mass is 10.0. The number of aryl methyl sites for hydroxylation is 2. The van der Waals surface area contributed by atoms with Gasteiger partial charge in [-0.3, -0.25) is 4.72 Å². The van der Waals surface area contributed by atoms with Crippen molar-refractivity contribution in [1.82, 2.24) is 10.1 Å². The van der Waals surface area contributed by atoms with Gasteiger partial charge in [0.05, 0.1) is 11.9 Å². The van der Waals surface area contributed by atoms with Crippen molar-refractivity contribution in [2.24, 2.45) is 0 Å². The zero-order chi connectivity index (χ0) is 19.6. The largest absolute Gasteiger partial charge is 0.360 e. The van der Waals surface area contributed by atoms with Gasteiger partial charge < -0.3 is 9.84 Å². The Morgan fingerprint density at radius 3 is 2.41 bits per heavy atom. The van der Waals surface area contributed by atoms with E-state index in [1.807, 2.05) is 18.2 Å². The standard InChI is InChI=1S/C19H22N4O3S/c1-12(2)16-7-5-6-8-17(16)21-18-10-9-15(11-20-18)23-27(24,25)19-13(3)22-26-14(19)4/h5-12,23H,1-4H3,(H,20,21). The van der Waals surface area contributed by atoms with Gasteiger partial charge in [-0.1, -0.05) is 37.2 Å². The van der Waals surface area contributed by atoms with Crippen LogP contribution in [0.25, 0.3) is 0 Å². The zero-order valence-electron chi connectivity index (χ0n) is 15.6. The number of sulfonamides is 1. The highest BCUT2D eigenvalue weighted by molar-refractivity contribution is 7.92. The summed E-state index contributed by atoms with van der Waals surface area (Å²) < 4.78 is 32.5. The number of para-hydroxylation sites is 1. The highest BCUT2D eigenvalue weighted by atomic mass is 32.2. The van der Waals surface area contributed by atoms with Crippen LogP contribution in [0.15, 0.2) is 52.0 Å². The summed E-state index contributed by atoms with van der Waals surface area (Å²) >= 11 is 0. The number of benzene rings is 1. The number of anilines is 3. The average molecular weight is 386 g/mol. The summed E-state index contributed by atoms with van der Waals surface area (Å²) in [7, 11) is -3.79. The second-order valence-electron chi connectivity index (χ2n) is 6.56. The molecule has 1 aromatic carbocycles. The lowest BCUT2D eigenvalue weighted by Crippen LogP contribution is -2.14. The van der Waals surface area contributed by atoms with Crippen molar-refractivity contribution >= 4 is 27.2 Å². The van der Waals surface area contributed by atoms with Crippen molar-refractivity contribution < 1.29 is 12.9 Å². The van der Waals surface area contributed by atoms with Crippen molar-refractivity contribution in [1.29, 1.82) is 0 Å². The topological polar surface area (TPSA) is 97.1 Å². The van der Waals surface area contributed by atoms with E-state index in [-0.39, 0.29) is 10.7 Å². The molecule has 0 amide bonds. The number of rotatable bonds is 6. The van der Waals surface area contributed by atoms with E-state index in [1.54, 1.807) is 26.0 Å². The molecule has 0 spiro atoms. The van der Waals surface area contributed by atoms with Gasteiger partial charge in [0.2, 0.25) is 0 Å². The molecule has 7 nitrogen and oxygen atoms in total. The van der Waals surface area contributed by atoms with Crippen molar-refractivity contribution in [2.75, 3.05) is 10.0 Å². The molecule has 142 valence electrons. The lowest BCUT2D eigenvalue weighted by molar-refractivity contribution is 0.390. The molecule has 3 rings (SSSR count). The number of hydrogen-bond acceptors (Lipinski definition) is 6. The van der Waals surface area contributed by atoms with Crippen LogP contribution in [-0.4, -0.2) is 18.6 Å². The molecule has 27 heavy (non-hydrogen) atoms. The molecule has 0 saturated heterocycles. The van der Waals surface area contributed by atoms with Crippen LogP contribution < -0.4 is 10.0 Å². The van der Waals surface area contributed by atoms with Gasteiger partial charge in [0, 0.05) is 5.69 Å². The number of nitrogens with one attached hydrogen (secondary N) is 2. The third-order valence-corrected chi connectivity index (χ3v) is 5.72. The van der Waals surface area contributed by atoms with E-state index in [2.05, 4.69) is 40.1 Å². The number of aromatic nitrogens is 2. The molecule has 8 heteroatoms. The molecule has 0 saturated carbocycles. The maximum atomic E-state index is 12.5. The van der Waals surface area contributed by atoms with Crippen LogP contribution in [0.5, 0.6) is 0 Å². The number of pyridine rings is 1. The van der Waals surface area contributed by atoms with Crippen LogP contribution in [0.4, 0.5) is 17.2 Å². The van der Waals surface area contributed by atoms with Gasteiger partial charge in [-0.25, -0.2) is 13.4 Å². The second-order valence-corrected chi connectivity index (χ2v) is 8.18. The summed E-state index contributed by atoms with van der Waals surface area (Å²) in [5.41, 5.74) is 2.83. The molecule has 2 aromatic heterocycles. The van der Waals surface area contributed by atoms with E-state index >= 15 is 0 Å². The monoisotopic (exact) mass is 386 g/mol. The molecule has 0 bridgehead atoms. The SMILES string of the molecule is Cc1noc(C)c1S(=O)(=O)Nc1ccc(Nc2ccccc2C(C)C)nc1. The quantitative estimate of drug-likeness (QED) is 0.653. The van der Waals surface area contributed by atoms with E-state index in [0.717, 1.165) is 5.69 Å². The fourth-order valence-corrected chi connectivity index (χ4v) is 4.22. The Balaban J connectivity index is 1.79. The van der Waals surface area contributed by atoms with Crippen molar-refractivity contribution in [3.8, 4) is 0 Å².